The summed E-state index contributed by atoms with van der Waals surface area (Å²) in [5.41, 5.74) is 1.64. The van der Waals surface area contributed by atoms with E-state index in [2.05, 4.69) is 25.6 Å². The average Bonchev–Trinajstić information content (AvgIpc) is 3.13. The van der Waals surface area contributed by atoms with Crippen LogP contribution >= 0.6 is 23.2 Å². The second-order valence-electron chi connectivity index (χ2n) is 6.48. The lowest BCUT2D eigenvalue weighted by atomic mass is 10.3. The Morgan fingerprint density at radius 3 is 2.56 bits per heavy atom. The summed E-state index contributed by atoms with van der Waals surface area (Å²) in [7, 11) is -4.28. The minimum Gasteiger partial charge on any atom is -0.379 e. The van der Waals surface area contributed by atoms with E-state index in [1.807, 2.05) is 6.07 Å². The quantitative estimate of drug-likeness (QED) is 0.344. The number of carbonyl (C=O) groups excluding carboxylic acids is 1. The molecule has 0 fully saturated rings. The molecule has 0 aliphatic heterocycles. The topological polar surface area (TPSA) is 126 Å². The largest absolute Gasteiger partial charge is 0.379 e. The number of halogens is 2. The first-order valence-corrected chi connectivity index (χ1v) is 11.3. The lowest BCUT2D eigenvalue weighted by Gasteiger charge is -2.09. The molecule has 0 unspecified atom stereocenters. The zero-order valence-electron chi connectivity index (χ0n) is 16.2. The highest BCUT2D eigenvalue weighted by Crippen LogP contribution is 2.32. The van der Waals surface area contributed by atoms with Crippen LogP contribution in [0.2, 0.25) is 10.0 Å². The molecule has 2 amide bonds. The van der Waals surface area contributed by atoms with Crippen LogP contribution in [-0.4, -0.2) is 29.4 Å². The predicted octanol–water partition coefficient (Wildman–Crippen LogP) is 4.35. The molecule has 4 rings (SSSR count). The first-order chi connectivity index (χ1) is 15.3. The Morgan fingerprint density at radius 1 is 1.06 bits per heavy atom. The number of aromatic amines is 1. The number of anilines is 1. The van der Waals surface area contributed by atoms with Crippen LogP contribution < -0.4 is 14.8 Å². The molecule has 0 bridgehead atoms. The van der Waals surface area contributed by atoms with Crippen molar-refractivity contribution in [1.82, 2.24) is 20.3 Å². The van der Waals surface area contributed by atoms with Gasteiger partial charge in [-0.05, 0) is 36.4 Å². The number of nitrogens with zero attached hydrogens (tertiary/aromatic N) is 2. The van der Waals surface area contributed by atoms with Crippen molar-refractivity contribution in [1.29, 1.82) is 0 Å². The molecule has 0 atom stereocenters. The van der Waals surface area contributed by atoms with E-state index in [9.17, 15) is 13.2 Å². The third-order valence-electron chi connectivity index (χ3n) is 4.22. The lowest BCUT2D eigenvalue weighted by molar-refractivity contribution is 0.251. The number of amides is 2. The molecule has 0 radical (unpaired) electrons. The molecule has 164 valence electrons. The van der Waals surface area contributed by atoms with Crippen LogP contribution in [0, 0.1) is 0 Å². The number of H-pyrrole nitrogens is 1. The summed E-state index contributed by atoms with van der Waals surface area (Å²) in [6.45, 7) is 0.243. The van der Waals surface area contributed by atoms with Gasteiger partial charge in [0.2, 0.25) is 5.95 Å². The SMILES string of the molecule is O=C(NCc1ccccn1)Nc1nc2cc(OS(=O)(=O)c3c(Cl)cccc3Cl)ccc2[nH]1. The summed E-state index contributed by atoms with van der Waals surface area (Å²) in [6.07, 6.45) is 1.63. The van der Waals surface area contributed by atoms with Gasteiger partial charge in [-0.3, -0.25) is 10.3 Å². The van der Waals surface area contributed by atoms with Gasteiger partial charge in [-0.2, -0.15) is 8.42 Å². The monoisotopic (exact) mass is 491 g/mol. The Balaban J connectivity index is 1.47. The number of carbonyl (C=O) groups is 1. The molecule has 0 saturated heterocycles. The maximum atomic E-state index is 12.6. The molecule has 0 aliphatic rings. The first-order valence-electron chi connectivity index (χ1n) is 9.15. The summed E-state index contributed by atoms with van der Waals surface area (Å²) in [6, 6.07) is 13.6. The summed E-state index contributed by atoms with van der Waals surface area (Å²) in [5.74, 6) is 0.179. The Bertz CT molecular complexity index is 1370. The molecule has 9 nitrogen and oxygen atoms in total. The van der Waals surface area contributed by atoms with Gasteiger partial charge in [0.05, 0.1) is 33.3 Å². The highest BCUT2D eigenvalue weighted by molar-refractivity contribution is 7.87. The van der Waals surface area contributed by atoms with Crippen molar-refractivity contribution in [3.8, 4) is 5.75 Å². The Morgan fingerprint density at radius 2 is 1.84 bits per heavy atom. The van der Waals surface area contributed by atoms with Crippen LogP contribution in [0.25, 0.3) is 11.0 Å². The maximum absolute atomic E-state index is 12.6. The number of rotatable bonds is 6. The Labute approximate surface area is 192 Å². The molecule has 0 aliphatic carbocycles. The molecular weight excluding hydrogens is 477 g/mol. The standard InChI is InChI=1S/C20H15Cl2N5O4S/c21-14-5-3-6-15(22)18(14)32(29,30)31-13-7-8-16-17(10-13)26-19(25-16)27-20(28)24-11-12-4-1-2-9-23-12/h1-10H,11H2,(H3,24,25,26,27,28). The Hall–Kier alpha value is -3.34. The van der Waals surface area contributed by atoms with Crippen molar-refractivity contribution in [2.24, 2.45) is 0 Å². The van der Waals surface area contributed by atoms with Crippen LogP contribution in [0.3, 0.4) is 0 Å². The number of benzene rings is 2. The third-order valence-corrected chi connectivity index (χ3v) is 6.42. The molecule has 0 saturated carbocycles. The van der Waals surface area contributed by atoms with Gasteiger partial charge >= 0.3 is 16.1 Å². The van der Waals surface area contributed by atoms with Crippen LogP contribution in [-0.2, 0) is 16.7 Å². The normalized spacial score (nSPS) is 11.3. The van der Waals surface area contributed by atoms with E-state index < -0.39 is 16.1 Å². The molecular formula is C20H15Cl2N5O4S. The van der Waals surface area contributed by atoms with E-state index in [-0.39, 0.29) is 33.2 Å². The van der Waals surface area contributed by atoms with Crippen LogP contribution in [0.1, 0.15) is 5.69 Å². The van der Waals surface area contributed by atoms with Crippen LogP contribution in [0.5, 0.6) is 5.75 Å². The van der Waals surface area contributed by atoms with E-state index in [0.717, 1.165) is 0 Å². The number of pyridine rings is 1. The molecule has 2 heterocycles. The number of urea groups is 1. The fourth-order valence-corrected chi connectivity index (χ4v) is 4.83. The second-order valence-corrected chi connectivity index (χ2v) is 8.78. The van der Waals surface area contributed by atoms with E-state index in [1.54, 1.807) is 24.4 Å². The van der Waals surface area contributed by atoms with Crippen LogP contribution in [0.4, 0.5) is 10.7 Å². The molecule has 2 aromatic carbocycles. The predicted molar refractivity (Wildman–Crippen MR) is 120 cm³/mol. The number of nitrogens with one attached hydrogen (secondary N) is 3. The minimum atomic E-state index is -4.28. The van der Waals surface area contributed by atoms with Crippen molar-refractivity contribution < 1.29 is 17.4 Å². The molecule has 3 N–H and O–H groups in total. The lowest BCUT2D eigenvalue weighted by Crippen LogP contribution is -2.28. The molecule has 0 spiro atoms. The number of hydrogen-bond acceptors (Lipinski definition) is 6. The highest BCUT2D eigenvalue weighted by atomic mass is 35.5. The van der Waals surface area contributed by atoms with Gasteiger partial charge in [-0.15, -0.1) is 0 Å². The Kier molecular flexibility index (Phi) is 6.17. The van der Waals surface area contributed by atoms with Crippen molar-refractivity contribution in [3.63, 3.8) is 0 Å². The van der Waals surface area contributed by atoms with E-state index in [0.29, 0.717) is 16.7 Å². The van der Waals surface area contributed by atoms with E-state index in [4.69, 9.17) is 27.4 Å². The smallest absolute Gasteiger partial charge is 0.342 e. The summed E-state index contributed by atoms with van der Waals surface area (Å²) < 4.78 is 30.4. The maximum Gasteiger partial charge on any atom is 0.342 e. The molecule has 2 aromatic heterocycles. The molecule has 12 heteroatoms. The van der Waals surface area contributed by atoms with Gasteiger partial charge in [0, 0.05) is 12.3 Å². The van der Waals surface area contributed by atoms with Gasteiger partial charge in [-0.25, -0.2) is 9.78 Å². The summed E-state index contributed by atoms with van der Waals surface area (Å²) in [5, 5.41) is 5.12. The van der Waals surface area contributed by atoms with Gasteiger partial charge in [-0.1, -0.05) is 35.3 Å². The van der Waals surface area contributed by atoms with Crippen molar-refractivity contribution >= 4 is 56.3 Å². The number of hydrogen-bond donors (Lipinski definition) is 3. The van der Waals surface area contributed by atoms with Gasteiger partial charge < -0.3 is 14.5 Å². The van der Waals surface area contributed by atoms with Crippen molar-refractivity contribution in [2.75, 3.05) is 5.32 Å². The second kappa shape index (κ2) is 9.03. The van der Waals surface area contributed by atoms with E-state index in [1.165, 1.54) is 30.3 Å². The van der Waals surface area contributed by atoms with Gasteiger partial charge in [0.25, 0.3) is 0 Å². The number of aromatic nitrogens is 3. The average molecular weight is 492 g/mol. The molecule has 32 heavy (non-hydrogen) atoms. The zero-order valence-corrected chi connectivity index (χ0v) is 18.5. The number of fused-ring (bicyclic) bond motifs is 1. The minimum absolute atomic E-state index is 0.00569. The number of imidazole rings is 1. The summed E-state index contributed by atoms with van der Waals surface area (Å²) in [4.78, 5) is 23.1. The van der Waals surface area contributed by atoms with Crippen molar-refractivity contribution in [2.45, 2.75) is 11.4 Å². The van der Waals surface area contributed by atoms with Crippen LogP contribution in [0.15, 0.2) is 65.7 Å². The highest BCUT2D eigenvalue weighted by Gasteiger charge is 2.24. The van der Waals surface area contributed by atoms with Gasteiger partial charge in [0.15, 0.2) is 0 Å². The van der Waals surface area contributed by atoms with Crippen molar-refractivity contribution in [3.05, 3.63) is 76.5 Å². The fraction of sp³-hybridized carbons (Fsp3) is 0.0500. The zero-order chi connectivity index (χ0) is 22.7. The fourth-order valence-electron chi connectivity index (χ4n) is 2.81. The third kappa shape index (κ3) is 4.93. The first kappa shape index (κ1) is 21.9. The van der Waals surface area contributed by atoms with Gasteiger partial charge in [0.1, 0.15) is 10.6 Å². The molecule has 4 aromatic rings. The summed E-state index contributed by atoms with van der Waals surface area (Å²) >= 11 is 12.0. The van der Waals surface area contributed by atoms with E-state index >= 15 is 0 Å².